The molecule has 6 nitrogen and oxygen atoms in total. The van der Waals surface area contributed by atoms with Gasteiger partial charge in [-0.1, -0.05) is 59.6 Å². The lowest BCUT2D eigenvalue weighted by atomic mass is 10.1. The van der Waals surface area contributed by atoms with Crippen LogP contribution >= 0.6 is 11.6 Å². The zero-order valence-electron chi connectivity index (χ0n) is 19.6. The molecule has 36 heavy (non-hydrogen) atoms. The van der Waals surface area contributed by atoms with Gasteiger partial charge in [0.2, 0.25) is 11.9 Å². The maximum atomic E-state index is 13.8. The summed E-state index contributed by atoms with van der Waals surface area (Å²) in [5.74, 6) is -0.836. The lowest BCUT2D eigenvalue weighted by Gasteiger charge is -2.22. The van der Waals surface area contributed by atoms with Gasteiger partial charge in [0.05, 0.1) is 16.4 Å². The van der Waals surface area contributed by atoms with Crippen molar-refractivity contribution >= 4 is 29.4 Å². The predicted octanol–water partition coefficient (Wildman–Crippen LogP) is 5.88. The third-order valence-electron chi connectivity index (χ3n) is 6.07. The van der Waals surface area contributed by atoms with Gasteiger partial charge in [0.1, 0.15) is 12.4 Å². The molecule has 0 spiro atoms. The van der Waals surface area contributed by atoms with Gasteiger partial charge in [-0.2, -0.15) is 0 Å². The second-order valence-electron chi connectivity index (χ2n) is 8.86. The second-order valence-corrected chi connectivity index (χ2v) is 9.27. The average molecular weight is 503 g/mol. The minimum absolute atomic E-state index is 0.0386. The molecule has 3 aromatic carbocycles. The highest BCUT2D eigenvalue weighted by Crippen LogP contribution is 2.29. The number of hydrogen-bond acceptors (Lipinski definition) is 3. The minimum atomic E-state index is -0.538. The molecule has 5 rings (SSSR count). The summed E-state index contributed by atoms with van der Waals surface area (Å²) >= 11 is 6.02. The Hall–Kier alpha value is -3.97. The standard InChI is InChI=1S/C28H24ClFN4O2/c1-18-7-9-20(10-8-18)27(36)33(21-11-12-21)17-26(35)32-28-31-25(19-5-3-2-4-6-19)16-34(28)22-13-14-24(30)23(29)15-22/h2-10,13-16,21H,11-12,17H2,1H3,(H,31,32,35). The number of carbonyl (C=O) groups is 2. The smallest absolute Gasteiger partial charge is 0.254 e. The van der Waals surface area contributed by atoms with Crippen molar-refractivity contribution < 1.29 is 14.0 Å². The molecule has 0 aliphatic heterocycles. The first-order valence-electron chi connectivity index (χ1n) is 11.7. The van der Waals surface area contributed by atoms with Gasteiger partial charge in [-0.05, 0) is 50.1 Å². The third-order valence-corrected chi connectivity index (χ3v) is 6.36. The van der Waals surface area contributed by atoms with E-state index in [9.17, 15) is 14.0 Å². The Balaban J connectivity index is 1.42. The highest BCUT2D eigenvalue weighted by molar-refractivity contribution is 6.30. The number of anilines is 1. The summed E-state index contributed by atoms with van der Waals surface area (Å²) in [7, 11) is 0. The molecule has 1 aliphatic carbocycles. The fourth-order valence-corrected chi connectivity index (χ4v) is 4.16. The van der Waals surface area contributed by atoms with E-state index in [0.717, 1.165) is 24.0 Å². The summed E-state index contributed by atoms with van der Waals surface area (Å²) < 4.78 is 15.4. The summed E-state index contributed by atoms with van der Waals surface area (Å²) in [6.07, 6.45) is 3.49. The minimum Gasteiger partial charge on any atom is -0.326 e. The van der Waals surface area contributed by atoms with Gasteiger partial charge in [-0.25, -0.2) is 9.37 Å². The zero-order valence-corrected chi connectivity index (χ0v) is 20.4. The van der Waals surface area contributed by atoms with Crippen LogP contribution in [0.1, 0.15) is 28.8 Å². The molecule has 1 heterocycles. The van der Waals surface area contributed by atoms with Crippen LogP contribution in [0.4, 0.5) is 10.3 Å². The lowest BCUT2D eigenvalue weighted by Crippen LogP contribution is -2.39. The number of aryl methyl sites for hydroxylation is 1. The Morgan fingerprint density at radius 3 is 2.47 bits per heavy atom. The van der Waals surface area contributed by atoms with E-state index >= 15 is 0 Å². The molecule has 1 aromatic heterocycles. The van der Waals surface area contributed by atoms with Gasteiger partial charge in [-0.3, -0.25) is 19.5 Å². The van der Waals surface area contributed by atoms with E-state index in [1.807, 2.05) is 49.4 Å². The maximum Gasteiger partial charge on any atom is 0.254 e. The van der Waals surface area contributed by atoms with E-state index in [1.54, 1.807) is 33.9 Å². The van der Waals surface area contributed by atoms with Crippen molar-refractivity contribution in [3.63, 3.8) is 0 Å². The molecule has 0 bridgehead atoms. The summed E-state index contributed by atoms with van der Waals surface area (Å²) in [5.41, 5.74) is 3.63. The molecule has 1 aliphatic rings. The van der Waals surface area contributed by atoms with E-state index in [0.29, 0.717) is 16.9 Å². The van der Waals surface area contributed by atoms with E-state index in [4.69, 9.17) is 11.6 Å². The second kappa shape index (κ2) is 9.95. The maximum absolute atomic E-state index is 13.8. The molecule has 1 saturated carbocycles. The normalized spacial score (nSPS) is 12.9. The van der Waals surface area contributed by atoms with Gasteiger partial charge in [-0.15, -0.1) is 0 Å². The Morgan fingerprint density at radius 1 is 1.08 bits per heavy atom. The van der Waals surface area contributed by atoms with E-state index in [-0.39, 0.29) is 35.4 Å². The van der Waals surface area contributed by atoms with Crippen molar-refractivity contribution in [3.8, 4) is 16.9 Å². The fourth-order valence-electron chi connectivity index (χ4n) is 3.98. The number of halogens is 2. The van der Waals surface area contributed by atoms with Crippen LogP contribution in [0.15, 0.2) is 79.0 Å². The molecule has 0 atom stereocenters. The number of hydrogen-bond donors (Lipinski definition) is 1. The van der Waals surface area contributed by atoms with E-state index in [2.05, 4.69) is 10.3 Å². The molecule has 1 fully saturated rings. The van der Waals surface area contributed by atoms with Gasteiger partial charge in [0.25, 0.3) is 5.91 Å². The first-order valence-corrected chi connectivity index (χ1v) is 12.0. The van der Waals surface area contributed by atoms with Crippen LogP contribution in [0.25, 0.3) is 16.9 Å². The van der Waals surface area contributed by atoms with Crippen LogP contribution in [-0.2, 0) is 4.79 Å². The Bertz CT molecular complexity index is 1420. The first kappa shape index (κ1) is 23.8. The van der Waals surface area contributed by atoms with E-state index < -0.39 is 5.82 Å². The van der Waals surface area contributed by atoms with Crippen molar-refractivity contribution in [1.82, 2.24) is 14.5 Å². The van der Waals surface area contributed by atoms with E-state index in [1.165, 1.54) is 12.1 Å². The summed E-state index contributed by atoms with van der Waals surface area (Å²) in [5, 5.41) is 2.81. The van der Waals surface area contributed by atoms with Crippen molar-refractivity contribution in [3.05, 3.63) is 101 Å². The zero-order chi connectivity index (χ0) is 25.2. The Kier molecular flexibility index (Phi) is 6.57. The molecule has 2 amide bonds. The molecule has 1 N–H and O–H groups in total. The first-order chi connectivity index (χ1) is 17.4. The number of amides is 2. The number of aromatic nitrogens is 2. The number of imidazole rings is 1. The molecule has 0 radical (unpaired) electrons. The van der Waals surface area contributed by atoms with Gasteiger partial charge >= 0.3 is 0 Å². The number of benzene rings is 3. The molecular formula is C28H24ClFN4O2. The summed E-state index contributed by atoms with van der Waals surface area (Å²) in [6, 6.07) is 21.2. The number of nitrogens with zero attached hydrogens (tertiary/aromatic N) is 3. The summed E-state index contributed by atoms with van der Waals surface area (Å²) in [6.45, 7) is 1.86. The topological polar surface area (TPSA) is 67.2 Å². The predicted molar refractivity (Wildman–Crippen MR) is 138 cm³/mol. The van der Waals surface area contributed by atoms with Crippen molar-refractivity contribution in [2.45, 2.75) is 25.8 Å². The van der Waals surface area contributed by atoms with Crippen LogP contribution in [-0.4, -0.2) is 38.9 Å². The van der Waals surface area contributed by atoms with Crippen LogP contribution in [0, 0.1) is 12.7 Å². The number of carbonyl (C=O) groups excluding carboxylic acids is 2. The lowest BCUT2D eigenvalue weighted by molar-refractivity contribution is -0.117. The van der Waals surface area contributed by atoms with Gasteiger partial charge in [0, 0.05) is 23.4 Å². The molecule has 8 heteroatoms. The molecule has 4 aromatic rings. The Morgan fingerprint density at radius 2 is 1.81 bits per heavy atom. The molecule has 0 saturated heterocycles. The van der Waals surface area contributed by atoms with Crippen molar-refractivity contribution in [2.75, 3.05) is 11.9 Å². The van der Waals surface area contributed by atoms with Gasteiger partial charge < -0.3 is 4.90 Å². The Labute approximate surface area is 213 Å². The average Bonchev–Trinajstić information content (AvgIpc) is 3.64. The highest BCUT2D eigenvalue weighted by atomic mass is 35.5. The highest BCUT2D eigenvalue weighted by Gasteiger charge is 2.34. The SMILES string of the molecule is Cc1ccc(C(=O)N(CC(=O)Nc2nc(-c3ccccc3)cn2-c2ccc(F)c(Cl)c2)C2CC2)cc1. The fraction of sp³-hybridized carbons (Fsp3) is 0.179. The molecule has 0 unspecified atom stereocenters. The van der Waals surface area contributed by atoms with Crippen LogP contribution in [0.2, 0.25) is 5.02 Å². The van der Waals surface area contributed by atoms with Crippen molar-refractivity contribution in [2.24, 2.45) is 0 Å². The quantitative estimate of drug-likeness (QED) is 0.343. The van der Waals surface area contributed by atoms with Crippen LogP contribution in [0.5, 0.6) is 0 Å². The third kappa shape index (κ3) is 5.16. The van der Waals surface area contributed by atoms with Crippen LogP contribution in [0.3, 0.4) is 0 Å². The van der Waals surface area contributed by atoms with Gasteiger partial charge in [0.15, 0.2) is 0 Å². The monoisotopic (exact) mass is 502 g/mol. The number of nitrogens with one attached hydrogen (secondary N) is 1. The molecular weight excluding hydrogens is 479 g/mol. The number of rotatable bonds is 7. The largest absolute Gasteiger partial charge is 0.326 e. The van der Waals surface area contributed by atoms with Crippen molar-refractivity contribution in [1.29, 1.82) is 0 Å². The summed E-state index contributed by atoms with van der Waals surface area (Å²) in [4.78, 5) is 32.5. The van der Waals surface area contributed by atoms with Crippen LogP contribution < -0.4 is 5.32 Å². The molecule has 182 valence electrons.